The Labute approximate surface area is 98.0 Å². The summed E-state index contributed by atoms with van der Waals surface area (Å²) >= 11 is 0. The van der Waals surface area contributed by atoms with Crippen molar-refractivity contribution < 1.29 is 4.79 Å². The lowest BCUT2D eigenvalue weighted by atomic mass is 10.0. The standard InChI is InChI=1S/C10H21N3O.ClH/c1-7-5-13(6-8(2)12-7)9(14)10(3,4)11;/h7-8,12H,5-6,11H2,1-4H3;1H. The number of nitrogens with zero attached hydrogens (tertiary/aromatic N) is 1. The van der Waals surface area contributed by atoms with E-state index in [4.69, 9.17) is 5.73 Å². The van der Waals surface area contributed by atoms with Gasteiger partial charge in [0.15, 0.2) is 0 Å². The van der Waals surface area contributed by atoms with Gasteiger partial charge < -0.3 is 16.0 Å². The Bertz CT molecular complexity index is 217. The van der Waals surface area contributed by atoms with E-state index in [1.165, 1.54) is 0 Å². The number of amides is 1. The van der Waals surface area contributed by atoms with Gasteiger partial charge in [-0.1, -0.05) is 0 Å². The lowest BCUT2D eigenvalue weighted by Crippen LogP contribution is -2.61. The molecule has 1 rings (SSSR count). The molecule has 2 atom stereocenters. The normalized spacial score (nSPS) is 27.1. The van der Waals surface area contributed by atoms with Crippen LogP contribution in [0.3, 0.4) is 0 Å². The average molecular weight is 236 g/mol. The molecule has 0 aromatic carbocycles. The van der Waals surface area contributed by atoms with Gasteiger partial charge in [-0.15, -0.1) is 12.4 Å². The molecule has 0 radical (unpaired) electrons. The van der Waals surface area contributed by atoms with E-state index in [2.05, 4.69) is 19.2 Å². The van der Waals surface area contributed by atoms with Crippen LogP contribution in [-0.2, 0) is 4.79 Å². The number of carbonyl (C=O) groups excluding carboxylic acids is 1. The van der Waals surface area contributed by atoms with Crippen LogP contribution in [0.4, 0.5) is 0 Å². The van der Waals surface area contributed by atoms with Gasteiger partial charge in [-0.2, -0.15) is 0 Å². The van der Waals surface area contributed by atoms with Gasteiger partial charge in [0.1, 0.15) is 0 Å². The average Bonchev–Trinajstić information content (AvgIpc) is 1.99. The third-order valence-electron chi connectivity index (χ3n) is 2.40. The summed E-state index contributed by atoms with van der Waals surface area (Å²) in [6.07, 6.45) is 0. The van der Waals surface area contributed by atoms with Crippen molar-refractivity contribution in [3.63, 3.8) is 0 Å². The van der Waals surface area contributed by atoms with Crippen LogP contribution in [0.1, 0.15) is 27.7 Å². The highest BCUT2D eigenvalue weighted by Gasteiger charge is 2.31. The second kappa shape index (κ2) is 5.14. The first-order chi connectivity index (χ1) is 6.30. The third kappa shape index (κ3) is 3.97. The summed E-state index contributed by atoms with van der Waals surface area (Å²) in [6.45, 7) is 9.19. The van der Waals surface area contributed by atoms with Gasteiger partial charge in [0.25, 0.3) is 0 Å². The molecule has 4 nitrogen and oxygen atoms in total. The molecule has 0 aromatic heterocycles. The van der Waals surface area contributed by atoms with Crippen LogP contribution in [-0.4, -0.2) is 41.5 Å². The SMILES string of the molecule is CC1CN(C(=O)C(C)(C)N)CC(C)N1.Cl. The van der Waals surface area contributed by atoms with E-state index in [1.807, 2.05) is 4.90 Å². The van der Waals surface area contributed by atoms with Crippen molar-refractivity contribution in [3.05, 3.63) is 0 Å². The van der Waals surface area contributed by atoms with Gasteiger partial charge in [-0.05, 0) is 27.7 Å². The first kappa shape index (κ1) is 14.7. The zero-order valence-electron chi connectivity index (χ0n) is 9.91. The van der Waals surface area contributed by atoms with Crippen molar-refractivity contribution in [1.29, 1.82) is 0 Å². The molecule has 1 heterocycles. The second-order valence-electron chi connectivity index (χ2n) is 4.90. The summed E-state index contributed by atoms with van der Waals surface area (Å²) in [7, 11) is 0. The van der Waals surface area contributed by atoms with Gasteiger partial charge in [-0.3, -0.25) is 4.79 Å². The van der Waals surface area contributed by atoms with Crippen LogP contribution >= 0.6 is 12.4 Å². The van der Waals surface area contributed by atoms with E-state index in [9.17, 15) is 4.79 Å². The molecule has 5 heteroatoms. The number of piperazine rings is 1. The molecule has 0 spiro atoms. The van der Waals surface area contributed by atoms with Crippen molar-refractivity contribution >= 4 is 18.3 Å². The maximum Gasteiger partial charge on any atom is 0.242 e. The van der Waals surface area contributed by atoms with Crippen molar-refractivity contribution in [2.24, 2.45) is 5.73 Å². The zero-order valence-corrected chi connectivity index (χ0v) is 10.7. The molecule has 0 aromatic rings. The lowest BCUT2D eigenvalue weighted by molar-refractivity contribution is -0.137. The summed E-state index contributed by atoms with van der Waals surface area (Å²) in [5.74, 6) is 0.0395. The van der Waals surface area contributed by atoms with E-state index in [-0.39, 0.29) is 18.3 Å². The third-order valence-corrected chi connectivity index (χ3v) is 2.40. The first-order valence-corrected chi connectivity index (χ1v) is 5.15. The Kier molecular flexibility index (Phi) is 5.03. The molecule has 2 unspecified atom stereocenters. The Morgan fingerprint density at radius 3 is 2.07 bits per heavy atom. The van der Waals surface area contributed by atoms with Crippen LogP contribution in [0.5, 0.6) is 0 Å². The smallest absolute Gasteiger partial charge is 0.242 e. The van der Waals surface area contributed by atoms with Gasteiger partial charge >= 0.3 is 0 Å². The molecule has 1 aliphatic rings. The van der Waals surface area contributed by atoms with Gasteiger partial charge in [0, 0.05) is 25.2 Å². The fourth-order valence-corrected chi connectivity index (χ4v) is 1.90. The summed E-state index contributed by atoms with van der Waals surface area (Å²) < 4.78 is 0. The monoisotopic (exact) mass is 235 g/mol. The van der Waals surface area contributed by atoms with E-state index in [1.54, 1.807) is 13.8 Å². The number of nitrogens with one attached hydrogen (secondary N) is 1. The van der Waals surface area contributed by atoms with E-state index >= 15 is 0 Å². The molecule has 1 amide bonds. The maximum atomic E-state index is 11.9. The van der Waals surface area contributed by atoms with Gasteiger partial charge in [0.05, 0.1) is 5.54 Å². The molecule has 1 fully saturated rings. The molecule has 15 heavy (non-hydrogen) atoms. The molecule has 1 saturated heterocycles. The summed E-state index contributed by atoms with van der Waals surface area (Å²) in [6, 6.07) is 0.704. The van der Waals surface area contributed by atoms with Crippen molar-refractivity contribution in [3.8, 4) is 0 Å². The second-order valence-corrected chi connectivity index (χ2v) is 4.90. The Morgan fingerprint density at radius 1 is 1.33 bits per heavy atom. The summed E-state index contributed by atoms with van der Waals surface area (Å²) in [4.78, 5) is 13.7. The molecule has 90 valence electrons. The summed E-state index contributed by atoms with van der Waals surface area (Å²) in [5.41, 5.74) is 5.04. The minimum atomic E-state index is -0.753. The number of halogens is 1. The number of carbonyl (C=O) groups is 1. The Hall–Kier alpha value is -0.320. The van der Waals surface area contributed by atoms with Crippen molar-refractivity contribution in [2.45, 2.75) is 45.3 Å². The zero-order chi connectivity index (χ0) is 10.9. The van der Waals surface area contributed by atoms with Gasteiger partial charge in [-0.25, -0.2) is 0 Å². The molecule has 0 saturated carbocycles. The van der Waals surface area contributed by atoms with E-state index < -0.39 is 5.54 Å². The molecular weight excluding hydrogens is 214 g/mol. The van der Waals surface area contributed by atoms with Crippen LogP contribution in [0.15, 0.2) is 0 Å². The Balaban J connectivity index is 0.00000196. The fraction of sp³-hybridized carbons (Fsp3) is 0.900. The van der Waals surface area contributed by atoms with Crippen molar-refractivity contribution in [2.75, 3.05) is 13.1 Å². The highest BCUT2D eigenvalue weighted by Crippen LogP contribution is 2.10. The van der Waals surface area contributed by atoms with Crippen LogP contribution < -0.4 is 11.1 Å². The molecule has 0 aliphatic carbocycles. The van der Waals surface area contributed by atoms with E-state index in [0.29, 0.717) is 12.1 Å². The quantitative estimate of drug-likeness (QED) is 0.690. The van der Waals surface area contributed by atoms with Crippen LogP contribution in [0, 0.1) is 0 Å². The molecule has 1 aliphatic heterocycles. The lowest BCUT2D eigenvalue weighted by Gasteiger charge is -2.38. The maximum absolute atomic E-state index is 11.9. The molecular formula is C10H22ClN3O. The highest BCUT2D eigenvalue weighted by atomic mass is 35.5. The minimum Gasteiger partial charge on any atom is -0.338 e. The number of nitrogens with two attached hydrogens (primary N) is 1. The van der Waals surface area contributed by atoms with Crippen LogP contribution in [0.25, 0.3) is 0 Å². The summed E-state index contributed by atoms with van der Waals surface area (Å²) in [5, 5.41) is 3.38. The minimum absolute atomic E-state index is 0. The van der Waals surface area contributed by atoms with E-state index in [0.717, 1.165) is 13.1 Å². The largest absolute Gasteiger partial charge is 0.338 e. The van der Waals surface area contributed by atoms with Gasteiger partial charge in [0.2, 0.25) is 5.91 Å². The Morgan fingerprint density at radius 2 is 1.73 bits per heavy atom. The topological polar surface area (TPSA) is 58.4 Å². The van der Waals surface area contributed by atoms with Crippen LogP contribution in [0.2, 0.25) is 0 Å². The number of hydrogen-bond donors (Lipinski definition) is 2. The predicted molar refractivity (Wildman–Crippen MR) is 64.2 cm³/mol. The fourth-order valence-electron chi connectivity index (χ4n) is 1.90. The molecule has 0 bridgehead atoms. The van der Waals surface area contributed by atoms with Crippen molar-refractivity contribution in [1.82, 2.24) is 10.2 Å². The highest BCUT2D eigenvalue weighted by molar-refractivity contribution is 5.85. The number of rotatable bonds is 1. The molecule has 3 N–H and O–H groups in total. The number of hydrogen-bond acceptors (Lipinski definition) is 3. The first-order valence-electron chi connectivity index (χ1n) is 5.15. The predicted octanol–water partition coefficient (Wildman–Crippen LogP) is 0.354.